The van der Waals surface area contributed by atoms with Gasteiger partial charge in [0.2, 0.25) is 0 Å². The van der Waals surface area contributed by atoms with Gasteiger partial charge in [-0.15, -0.1) is 0 Å². The topological polar surface area (TPSA) is 40.5 Å². The summed E-state index contributed by atoms with van der Waals surface area (Å²) in [6, 6.07) is 0. The van der Waals surface area contributed by atoms with E-state index in [4.69, 9.17) is 10.2 Å². The van der Waals surface area contributed by atoms with Gasteiger partial charge in [0, 0.05) is 13.2 Å². The number of hydrogen-bond acceptors (Lipinski definition) is 2. The summed E-state index contributed by atoms with van der Waals surface area (Å²) in [5.41, 5.74) is 0. The van der Waals surface area contributed by atoms with Crippen molar-refractivity contribution in [3.05, 3.63) is 0 Å². The first-order valence-corrected chi connectivity index (χ1v) is 16.9. The number of aliphatic hydroxyl groups is 2. The first-order chi connectivity index (χ1) is 17.7. The van der Waals surface area contributed by atoms with Crippen molar-refractivity contribution < 1.29 is 10.2 Å². The van der Waals surface area contributed by atoms with Gasteiger partial charge in [-0.1, -0.05) is 182 Å². The van der Waals surface area contributed by atoms with Crippen molar-refractivity contribution >= 4 is 0 Å². The second-order valence-electron chi connectivity index (χ2n) is 11.6. The highest BCUT2D eigenvalue weighted by molar-refractivity contribution is 4.61. The van der Waals surface area contributed by atoms with Crippen LogP contribution < -0.4 is 0 Å². The Kier molecular flexibility index (Phi) is 36.9. The summed E-state index contributed by atoms with van der Waals surface area (Å²) in [4.78, 5) is 0. The zero-order chi connectivity index (χ0) is 27.0. The van der Waals surface area contributed by atoms with Gasteiger partial charge in [0.1, 0.15) is 0 Å². The van der Waals surface area contributed by atoms with E-state index in [-0.39, 0.29) is 0 Å². The van der Waals surface area contributed by atoms with Crippen molar-refractivity contribution in [1.82, 2.24) is 0 Å². The number of hydrogen-bond donors (Lipinski definition) is 2. The standard InChI is InChI=1S/2C17H36O/c1-3-5-7-8-9-10-12-14-17(15-16-18)13-11-6-4-2;1-3-5-7-9-10-12-14-17(15-16-18)13-11-8-6-4-2/h2*17-18H,3-16H2,1-2H3. The van der Waals surface area contributed by atoms with Gasteiger partial charge in [0.25, 0.3) is 0 Å². The van der Waals surface area contributed by atoms with Gasteiger partial charge in [0.15, 0.2) is 0 Å². The Bertz CT molecular complexity index is 357. The van der Waals surface area contributed by atoms with Crippen molar-refractivity contribution in [2.45, 2.75) is 195 Å². The van der Waals surface area contributed by atoms with Crippen LogP contribution in [0.15, 0.2) is 0 Å². The lowest BCUT2D eigenvalue weighted by molar-refractivity contribution is 0.241. The molecule has 0 aliphatic carbocycles. The predicted molar refractivity (Wildman–Crippen MR) is 164 cm³/mol. The minimum Gasteiger partial charge on any atom is -0.396 e. The molecular formula is C34H72O2. The van der Waals surface area contributed by atoms with E-state index in [0.29, 0.717) is 13.2 Å². The Morgan fingerprint density at radius 2 is 0.528 bits per heavy atom. The molecule has 0 fully saturated rings. The fourth-order valence-corrected chi connectivity index (χ4v) is 5.38. The highest BCUT2D eigenvalue weighted by Gasteiger charge is 2.08. The third kappa shape index (κ3) is 31.9. The molecule has 0 spiro atoms. The van der Waals surface area contributed by atoms with Crippen LogP contribution >= 0.6 is 0 Å². The molecule has 0 radical (unpaired) electrons. The van der Waals surface area contributed by atoms with E-state index in [1.807, 2.05) is 0 Å². The molecule has 36 heavy (non-hydrogen) atoms. The summed E-state index contributed by atoms with van der Waals surface area (Å²) in [5.74, 6) is 1.58. The van der Waals surface area contributed by atoms with Gasteiger partial charge < -0.3 is 10.2 Å². The van der Waals surface area contributed by atoms with Crippen LogP contribution in [0.5, 0.6) is 0 Å². The molecule has 2 N–H and O–H groups in total. The molecule has 0 aliphatic rings. The highest BCUT2D eigenvalue weighted by atomic mass is 16.3. The van der Waals surface area contributed by atoms with Crippen molar-refractivity contribution in [3.8, 4) is 0 Å². The van der Waals surface area contributed by atoms with E-state index in [1.54, 1.807) is 0 Å². The van der Waals surface area contributed by atoms with Gasteiger partial charge in [-0.3, -0.25) is 0 Å². The van der Waals surface area contributed by atoms with Crippen molar-refractivity contribution in [2.75, 3.05) is 13.2 Å². The van der Waals surface area contributed by atoms with Crippen LogP contribution in [0.1, 0.15) is 195 Å². The third-order valence-electron chi connectivity index (χ3n) is 7.94. The zero-order valence-electron chi connectivity index (χ0n) is 25.8. The van der Waals surface area contributed by atoms with Crippen LogP contribution in [-0.4, -0.2) is 23.4 Å². The molecule has 2 atom stereocenters. The SMILES string of the molecule is CCCCCCCCC(CCO)CCCCCC.CCCCCCCCCC(CCO)CCCCC. The Labute approximate surface area is 229 Å². The maximum atomic E-state index is 9.11. The highest BCUT2D eigenvalue weighted by Crippen LogP contribution is 2.22. The van der Waals surface area contributed by atoms with Crippen LogP contribution in [-0.2, 0) is 0 Å². The molecule has 2 heteroatoms. The molecule has 0 saturated heterocycles. The Morgan fingerprint density at radius 3 is 0.833 bits per heavy atom. The summed E-state index contributed by atoms with van der Waals surface area (Å²) >= 11 is 0. The summed E-state index contributed by atoms with van der Waals surface area (Å²) in [6.07, 6.45) is 35.0. The molecule has 0 saturated carbocycles. The molecule has 2 nitrogen and oxygen atoms in total. The van der Waals surface area contributed by atoms with Gasteiger partial charge in [-0.05, 0) is 24.7 Å². The second kappa shape index (κ2) is 34.9. The van der Waals surface area contributed by atoms with Gasteiger partial charge in [0.05, 0.1) is 0 Å². The van der Waals surface area contributed by atoms with Gasteiger partial charge in [-0.2, -0.15) is 0 Å². The Hall–Kier alpha value is -0.0800. The molecule has 220 valence electrons. The fourth-order valence-electron chi connectivity index (χ4n) is 5.38. The van der Waals surface area contributed by atoms with E-state index in [9.17, 15) is 0 Å². The van der Waals surface area contributed by atoms with Gasteiger partial charge >= 0.3 is 0 Å². The van der Waals surface area contributed by atoms with Crippen LogP contribution in [0.2, 0.25) is 0 Å². The lowest BCUT2D eigenvalue weighted by atomic mass is 9.92. The number of unbranched alkanes of at least 4 members (excludes halogenated alkanes) is 16. The predicted octanol–water partition coefficient (Wildman–Crippen LogP) is 11.4. The molecule has 0 aliphatic heterocycles. The quantitative estimate of drug-likeness (QED) is 0.102. The van der Waals surface area contributed by atoms with Crippen LogP contribution in [0.25, 0.3) is 0 Å². The zero-order valence-corrected chi connectivity index (χ0v) is 25.8. The van der Waals surface area contributed by atoms with E-state index in [2.05, 4.69) is 27.7 Å². The molecule has 0 aromatic heterocycles. The largest absolute Gasteiger partial charge is 0.396 e. The van der Waals surface area contributed by atoms with E-state index in [1.165, 1.54) is 154 Å². The van der Waals surface area contributed by atoms with Gasteiger partial charge in [-0.25, -0.2) is 0 Å². The van der Waals surface area contributed by atoms with Crippen LogP contribution in [0, 0.1) is 11.8 Å². The summed E-state index contributed by atoms with van der Waals surface area (Å²) in [6.45, 7) is 9.84. The van der Waals surface area contributed by atoms with Crippen LogP contribution in [0.4, 0.5) is 0 Å². The maximum absolute atomic E-state index is 9.11. The van der Waals surface area contributed by atoms with E-state index in [0.717, 1.165) is 24.7 Å². The first-order valence-electron chi connectivity index (χ1n) is 16.9. The van der Waals surface area contributed by atoms with Crippen LogP contribution in [0.3, 0.4) is 0 Å². The average molecular weight is 513 g/mol. The Balaban J connectivity index is 0. The minimum atomic E-state index is 0.382. The third-order valence-corrected chi connectivity index (χ3v) is 7.94. The molecule has 0 amide bonds. The average Bonchev–Trinajstić information content (AvgIpc) is 2.88. The summed E-state index contributed by atoms with van der Waals surface area (Å²) in [5, 5.41) is 18.2. The fraction of sp³-hybridized carbons (Fsp3) is 1.00. The number of aliphatic hydroxyl groups excluding tert-OH is 2. The molecule has 2 unspecified atom stereocenters. The summed E-state index contributed by atoms with van der Waals surface area (Å²) < 4.78 is 0. The number of rotatable bonds is 28. The normalized spacial score (nSPS) is 12.8. The lowest BCUT2D eigenvalue weighted by Gasteiger charge is -2.15. The lowest BCUT2D eigenvalue weighted by Crippen LogP contribution is -2.03. The minimum absolute atomic E-state index is 0.382. The Morgan fingerprint density at radius 1 is 0.306 bits per heavy atom. The molecule has 0 aromatic rings. The summed E-state index contributed by atoms with van der Waals surface area (Å²) in [7, 11) is 0. The molecule has 0 rings (SSSR count). The maximum Gasteiger partial charge on any atom is 0.0433 e. The smallest absolute Gasteiger partial charge is 0.0433 e. The monoisotopic (exact) mass is 513 g/mol. The van der Waals surface area contributed by atoms with Crippen molar-refractivity contribution in [2.24, 2.45) is 11.8 Å². The molecule has 0 aromatic carbocycles. The first kappa shape index (κ1) is 38.1. The van der Waals surface area contributed by atoms with Crippen molar-refractivity contribution in [1.29, 1.82) is 0 Å². The molecular weight excluding hydrogens is 440 g/mol. The molecule has 0 bridgehead atoms. The van der Waals surface area contributed by atoms with Crippen molar-refractivity contribution in [3.63, 3.8) is 0 Å². The molecule has 0 heterocycles. The second-order valence-corrected chi connectivity index (χ2v) is 11.6. The van der Waals surface area contributed by atoms with E-state index < -0.39 is 0 Å². The van der Waals surface area contributed by atoms with E-state index >= 15 is 0 Å².